The molecule has 1 heterocycles. The van der Waals surface area contributed by atoms with Crippen molar-refractivity contribution in [3.05, 3.63) is 96.6 Å². The normalized spacial score (nSPS) is 10.5. The van der Waals surface area contributed by atoms with Crippen LogP contribution in [0.4, 0.5) is 0 Å². The maximum absolute atomic E-state index is 11.4. The van der Waals surface area contributed by atoms with E-state index in [1.165, 1.54) is 6.92 Å². The lowest BCUT2D eigenvalue weighted by Gasteiger charge is -2.15. The summed E-state index contributed by atoms with van der Waals surface area (Å²) in [6.07, 6.45) is 0. The minimum Gasteiger partial charge on any atom is -0.464 e. The molecule has 0 amide bonds. The van der Waals surface area contributed by atoms with Crippen molar-refractivity contribution < 1.29 is 9.53 Å². The molecule has 0 N–H and O–H groups in total. The number of rotatable bonds is 6. The van der Waals surface area contributed by atoms with Crippen molar-refractivity contribution in [2.75, 3.05) is 6.61 Å². The van der Waals surface area contributed by atoms with Gasteiger partial charge in [-0.05, 0) is 34.9 Å². The van der Waals surface area contributed by atoms with Gasteiger partial charge in [0, 0.05) is 18.2 Å². The van der Waals surface area contributed by atoms with Crippen LogP contribution in [0.1, 0.15) is 12.5 Å². The molecule has 3 aromatic carbocycles. The molecule has 0 spiro atoms. The summed E-state index contributed by atoms with van der Waals surface area (Å²) in [6.45, 7) is 2.24. The lowest BCUT2D eigenvalue weighted by molar-refractivity contribution is -0.141. The number of carbonyl (C=O) groups is 1. The Morgan fingerprint density at radius 1 is 0.871 bits per heavy atom. The van der Waals surface area contributed by atoms with Crippen molar-refractivity contribution in [1.29, 1.82) is 5.26 Å². The fraction of sp³-hybridized carbons (Fsp3) is 0.111. The van der Waals surface area contributed by atoms with Gasteiger partial charge in [-0.3, -0.25) is 4.79 Å². The molecule has 0 radical (unpaired) electrons. The fourth-order valence-electron chi connectivity index (χ4n) is 3.76. The predicted octanol–water partition coefficient (Wildman–Crippen LogP) is 5.92. The Morgan fingerprint density at radius 2 is 1.48 bits per heavy atom. The molecule has 1 aromatic heterocycles. The number of nitriles is 1. The molecule has 4 rings (SSSR count). The average molecular weight is 406 g/mol. The zero-order chi connectivity index (χ0) is 21.6. The van der Waals surface area contributed by atoms with Crippen LogP contribution in [0.25, 0.3) is 33.6 Å². The Hall–Kier alpha value is -4.10. The second-order valence-electron chi connectivity index (χ2n) is 7.20. The van der Waals surface area contributed by atoms with Gasteiger partial charge in [-0.2, -0.15) is 5.26 Å². The number of nitrogens with zero attached hydrogens (tertiary/aromatic N) is 2. The summed E-state index contributed by atoms with van der Waals surface area (Å²) < 4.78 is 7.49. The average Bonchev–Trinajstić information content (AvgIpc) is 3.19. The van der Waals surface area contributed by atoms with E-state index in [2.05, 4.69) is 41.0 Å². The third-order valence-corrected chi connectivity index (χ3v) is 5.16. The van der Waals surface area contributed by atoms with Gasteiger partial charge in [0.25, 0.3) is 0 Å². The van der Waals surface area contributed by atoms with Crippen molar-refractivity contribution in [2.24, 2.45) is 0 Å². The molecule has 4 nitrogen and oxygen atoms in total. The van der Waals surface area contributed by atoms with E-state index >= 15 is 0 Å². The first kappa shape index (κ1) is 20.2. The van der Waals surface area contributed by atoms with Crippen LogP contribution in [0, 0.1) is 11.3 Å². The highest BCUT2D eigenvalue weighted by Crippen LogP contribution is 2.39. The Morgan fingerprint density at radius 3 is 2.06 bits per heavy atom. The maximum atomic E-state index is 11.4. The van der Waals surface area contributed by atoms with Crippen LogP contribution in [-0.4, -0.2) is 17.1 Å². The summed E-state index contributed by atoms with van der Waals surface area (Å²) in [5, 5.41) is 9.17. The zero-order valence-corrected chi connectivity index (χ0v) is 17.3. The molecule has 0 aliphatic rings. The van der Waals surface area contributed by atoms with Gasteiger partial charge in [-0.25, -0.2) is 0 Å². The molecular formula is C27H22N2O2. The number of hydrogen-bond acceptors (Lipinski definition) is 3. The van der Waals surface area contributed by atoms with Gasteiger partial charge in [0.05, 0.1) is 23.9 Å². The quantitative estimate of drug-likeness (QED) is 0.373. The minimum absolute atomic E-state index is 0.288. The Bertz CT molecular complexity index is 1220. The van der Waals surface area contributed by atoms with Crippen LogP contribution < -0.4 is 0 Å². The summed E-state index contributed by atoms with van der Waals surface area (Å²) in [4.78, 5) is 11.4. The molecule has 4 aromatic rings. The largest absolute Gasteiger partial charge is 0.464 e. The molecule has 0 unspecified atom stereocenters. The Balaban J connectivity index is 1.93. The SMILES string of the molecule is CC(=O)OCCn1c(-c2ccccc2)cc(-c2ccc(C#N)cc2)c1-c1ccccc1. The zero-order valence-electron chi connectivity index (χ0n) is 17.3. The maximum Gasteiger partial charge on any atom is 0.302 e. The van der Waals surface area contributed by atoms with Crippen LogP contribution >= 0.6 is 0 Å². The van der Waals surface area contributed by atoms with Gasteiger partial charge in [-0.15, -0.1) is 0 Å². The molecule has 0 bridgehead atoms. The van der Waals surface area contributed by atoms with Crippen LogP contribution in [0.3, 0.4) is 0 Å². The van der Waals surface area contributed by atoms with Gasteiger partial charge >= 0.3 is 5.97 Å². The standard InChI is InChI=1S/C27H22N2O2/c1-20(30)31-17-16-29-26(23-8-4-2-5-9-23)18-25(22-14-12-21(19-28)13-15-22)27(29)24-10-6-3-7-11-24/h2-15,18H,16-17H2,1H3. The van der Waals surface area contributed by atoms with Crippen LogP contribution in [-0.2, 0) is 16.1 Å². The van der Waals surface area contributed by atoms with Gasteiger partial charge in [0.15, 0.2) is 0 Å². The summed E-state index contributed by atoms with van der Waals surface area (Å²) >= 11 is 0. The third kappa shape index (κ3) is 4.41. The van der Waals surface area contributed by atoms with Crippen LogP contribution in [0.15, 0.2) is 91.0 Å². The molecule has 0 aliphatic heterocycles. The van der Waals surface area contributed by atoms with E-state index in [4.69, 9.17) is 4.74 Å². The summed E-state index contributed by atoms with van der Waals surface area (Å²) in [6, 6.07) is 32.4. The summed E-state index contributed by atoms with van der Waals surface area (Å²) in [7, 11) is 0. The highest BCUT2D eigenvalue weighted by molar-refractivity contribution is 5.87. The molecule has 0 atom stereocenters. The van der Waals surface area contributed by atoms with E-state index in [1.807, 2.05) is 60.7 Å². The predicted molar refractivity (Wildman–Crippen MR) is 122 cm³/mol. The van der Waals surface area contributed by atoms with Crippen molar-refractivity contribution in [3.63, 3.8) is 0 Å². The molecule has 0 fully saturated rings. The number of carbonyl (C=O) groups excluding carboxylic acids is 1. The smallest absolute Gasteiger partial charge is 0.302 e. The monoisotopic (exact) mass is 406 g/mol. The Kier molecular flexibility index (Phi) is 5.96. The number of aromatic nitrogens is 1. The first-order valence-corrected chi connectivity index (χ1v) is 10.2. The van der Waals surface area contributed by atoms with Gasteiger partial charge in [-0.1, -0.05) is 72.8 Å². The van der Waals surface area contributed by atoms with Crippen molar-refractivity contribution in [1.82, 2.24) is 4.57 Å². The Labute approximate surface area is 182 Å². The molecule has 0 saturated heterocycles. The fourth-order valence-corrected chi connectivity index (χ4v) is 3.76. The molecule has 152 valence electrons. The summed E-state index contributed by atoms with van der Waals surface area (Å²) in [5.74, 6) is -0.290. The number of esters is 1. The lowest BCUT2D eigenvalue weighted by Crippen LogP contribution is -2.11. The van der Waals surface area contributed by atoms with Gasteiger partial charge in [0.1, 0.15) is 6.61 Å². The molecule has 0 saturated carbocycles. The van der Waals surface area contributed by atoms with E-state index in [9.17, 15) is 10.1 Å². The molecule has 0 aliphatic carbocycles. The first-order chi connectivity index (χ1) is 15.2. The number of hydrogen-bond donors (Lipinski definition) is 0. The summed E-state index contributed by atoms with van der Waals surface area (Å²) in [5.41, 5.74) is 6.98. The van der Waals surface area contributed by atoms with Crippen LogP contribution in [0.5, 0.6) is 0 Å². The third-order valence-electron chi connectivity index (χ3n) is 5.16. The van der Waals surface area contributed by atoms with E-state index in [1.54, 1.807) is 0 Å². The van der Waals surface area contributed by atoms with Crippen LogP contribution in [0.2, 0.25) is 0 Å². The minimum atomic E-state index is -0.290. The molecule has 31 heavy (non-hydrogen) atoms. The highest BCUT2D eigenvalue weighted by atomic mass is 16.5. The van der Waals surface area contributed by atoms with E-state index < -0.39 is 0 Å². The molecular weight excluding hydrogens is 384 g/mol. The topological polar surface area (TPSA) is 55.0 Å². The van der Waals surface area contributed by atoms with E-state index in [-0.39, 0.29) is 12.6 Å². The lowest BCUT2D eigenvalue weighted by atomic mass is 10.00. The van der Waals surface area contributed by atoms with Crippen molar-refractivity contribution >= 4 is 5.97 Å². The first-order valence-electron chi connectivity index (χ1n) is 10.2. The van der Waals surface area contributed by atoms with Crippen molar-refractivity contribution in [2.45, 2.75) is 13.5 Å². The second kappa shape index (κ2) is 9.15. The van der Waals surface area contributed by atoms with E-state index in [0.717, 1.165) is 33.6 Å². The van der Waals surface area contributed by atoms with Gasteiger partial charge in [0.2, 0.25) is 0 Å². The van der Waals surface area contributed by atoms with Crippen molar-refractivity contribution in [3.8, 4) is 39.7 Å². The van der Waals surface area contributed by atoms with Gasteiger partial charge < -0.3 is 9.30 Å². The molecule has 4 heteroatoms. The number of benzene rings is 3. The van der Waals surface area contributed by atoms with E-state index in [0.29, 0.717) is 12.1 Å². The second-order valence-corrected chi connectivity index (χ2v) is 7.20. The highest BCUT2D eigenvalue weighted by Gasteiger charge is 2.19. The number of ether oxygens (including phenoxy) is 1.